The van der Waals surface area contributed by atoms with Gasteiger partial charge in [0.2, 0.25) is 5.91 Å². The Morgan fingerprint density at radius 1 is 1.18 bits per heavy atom. The maximum absolute atomic E-state index is 12.5. The highest BCUT2D eigenvalue weighted by molar-refractivity contribution is 8.00. The average molecular weight is 410 g/mol. The Hall–Kier alpha value is -2.64. The molecule has 0 spiro atoms. The van der Waals surface area contributed by atoms with Gasteiger partial charge in [-0.15, -0.1) is 23.1 Å². The van der Waals surface area contributed by atoms with E-state index in [2.05, 4.69) is 10.3 Å². The fourth-order valence-electron chi connectivity index (χ4n) is 3.05. The summed E-state index contributed by atoms with van der Waals surface area (Å²) in [6.45, 7) is 2.32. The van der Waals surface area contributed by atoms with E-state index < -0.39 is 0 Å². The number of amides is 2. The lowest BCUT2D eigenvalue weighted by Crippen LogP contribution is -2.34. The average Bonchev–Trinajstić information content (AvgIpc) is 3.20. The number of aromatic nitrogens is 1. The monoisotopic (exact) mass is 409 g/mol. The van der Waals surface area contributed by atoms with Crippen molar-refractivity contribution in [2.45, 2.75) is 24.4 Å². The summed E-state index contributed by atoms with van der Waals surface area (Å²) in [4.78, 5) is 32.3. The van der Waals surface area contributed by atoms with Gasteiger partial charge in [-0.3, -0.25) is 9.59 Å². The molecule has 1 aromatic heterocycles. The third-order valence-electron chi connectivity index (χ3n) is 4.53. The zero-order chi connectivity index (χ0) is 19.5. The van der Waals surface area contributed by atoms with Crippen molar-refractivity contribution in [3.8, 4) is 0 Å². The number of nitrogens with one attached hydrogen (secondary N) is 1. The van der Waals surface area contributed by atoms with Crippen LogP contribution in [0.5, 0.6) is 0 Å². The highest BCUT2D eigenvalue weighted by Gasteiger charge is 2.25. The summed E-state index contributed by atoms with van der Waals surface area (Å²) < 4.78 is 0. The summed E-state index contributed by atoms with van der Waals surface area (Å²) in [5.74, 6) is 0.270. The highest BCUT2D eigenvalue weighted by atomic mass is 32.2. The molecule has 2 amide bonds. The number of carbonyl (C=O) groups excluding carboxylic acids is 2. The standard InChI is InChI=1S/C21H19N3O2S2/c1-14(15-7-3-2-4-8-15)22-21(26)16-12-28-19(23-16)11-24-17-9-5-6-10-18(17)27-13-20(24)25/h2-10,12,14H,11,13H2,1H3,(H,22,26)/t14-/m0/s1. The first-order chi connectivity index (χ1) is 13.6. The molecular weight excluding hydrogens is 390 g/mol. The van der Waals surface area contributed by atoms with Crippen LogP contribution in [-0.2, 0) is 11.3 Å². The molecule has 4 rings (SSSR count). The molecule has 142 valence electrons. The molecule has 7 heteroatoms. The van der Waals surface area contributed by atoms with E-state index in [1.165, 1.54) is 11.3 Å². The third kappa shape index (κ3) is 3.95. The molecule has 5 nitrogen and oxygen atoms in total. The topological polar surface area (TPSA) is 62.3 Å². The van der Waals surface area contributed by atoms with Crippen molar-refractivity contribution in [2.24, 2.45) is 0 Å². The molecule has 1 atom stereocenters. The van der Waals surface area contributed by atoms with Gasteiger partial charge in [-0.1, -0.05) is 42.5 Å². The Morgan fingerprint density at radius 3 is 2.75 bits per heavy atom. The fraction of sp³-hybridized carbons (Fsp3) is 0.190. The van der Waals surface area contributed by atoms with Gasteiger partial charge in [-0.25, -0.2) is 4.98 Å². The summed E-state index contributed by atoms with van der Waals surface area (Å²) in [6.07, 6.45) is 0. The van der Waals surface area contributed by atoms with E-state index >= 15 is 0 Å². The number of thiazole rings is 1. The molecule has 2 heterocycles. The first-order valence-corrected chi connectivity index (χ1v) is 10.8. The molecule has 28 heavy (non-hydrogen) atoms. The first kappa shape index (κ1) is 18.7. The third-order valence-corrected chi connectivity index (χ3v) is 6.41. The first-order valence-electron chi connectivity index (χ1n) is 8.94. The highest BCUT2D eigenvalue weighted by Crippen LogP contribution is 2.36. The maximum atomic E-state index is 12.5. The number of thioether (sulfide) groups is 1. The Kier molecular flexibility index (Phi) is 5.45. The van der Waals surface area contributed by atoms with Gasteiger partial charge in [-0.05, 0) is 24.6 Å². The number of carbonyl (C=O) groups is 2. The summed E-state index contributed by atoms with van der Waals surface area (Å²) in [5, 5.41) is 5.47. The molecule has 0 saturated carbocycles. The molecule has 0 saturated heterocycles. The molecule has 0 fully saturated rings. The SMILES string of the molecule is C[C@H](NC(=O)c1csc(CN2C(=O)CSc3ccccc32)n1)c1ccccc1. The van der Waals surface area contributed by atoms with E-state index in [0.29, 0.717) is 18.0 Å². The molecule has 1 aliphatic heterocycles. The lowest BCUT2D eigenvalue weighted by atomic mass is 10.1. The number of fused-ring (bicyclic) bond motifs is 1. The minimum absolute atomic E-state index is 0.0580. The van der Waals surface area contributed by atoms with Crippen molar-refractivity contribution in [1.29, 1.82) is 0 Å². The van der Waals surface area contributed by atoms with E-state index in [-0.39, 0.29) is 17.9 Å². The van der Waals surface area contributed by atoms with Crippen LogP contribution in [-0.4, -0.2) is 22.6 Å². The number of rotatable bonds is 5. The fourth-order valence-corrected chi connectivity index (χ4v) is 4.74. The van der Waals surface area contributed by atoms with Crippen LogP contribution in [0, 0.1) is 0 Å². The van der Waals surface area contributed by atoms with Gasteiger partial charge in [0.05, 0.1) is 24.0 Å². The van der Waals surface area contributed by atoms with Crippen LogP contribution in [0.15, 0.2) is 64.9 Å². The smallest absolute Gasteiger partial charge is 0.271 e. The number of anilines is 1. The van der Waals surface area contributed by atoms with Crippen LogP contribution >= 0.6 is 23.1 Å². The number of benzene rings is 2. The van der Waals surface area contributed by atoms with Crippen LogP contribution < -0.4 is 10.2 Å². The van der Waals surface area contributed by atoms with Crippen molar-refractivity contribution in [3.63, 3.8) is 0 Å². The maximum Gasteiger partial charge on any atom is 0.271 e. The van der Waals surface area contributed by atoms with Crippen molar-refractivity contribution in [3.05, 3.63) is 76.2 Å². The molecule has 0 aliphatic carbocycles. The van der Waals surface area contributed by atoms with E-state index in [1.807, 2.05) is 61.5 Å². The molecule has 0 radical (unpaired) electrons. The largest absolute Gasteiger partial charge is 0.344 e. The zero-order valence-electron chi connectivity index (χ0n) is 15.3. The van der Waals surface area contributed by atoms with E-state index in [4.69, 9.17) is 0 Å². The molecule has 1 N–H and O–H groups in total. The number of para-hydroxylation sites is 1. The predicted octanol–water partition coefficient (Wildman–Crippen LogP) is 4.27. The van der Waals surface area contributed by atoms with Gasteiger partial charge in [0, 0.05) is 10.3 Å². The molecule has 0 unspecified atom stereocenters. The minimum Gasteiger partial charge on any atom is -0.344 e. The van der Waals surface area contributed by atoms with Crippen molar-refractivity contribution in [1.82, 2.24) is 10.3 Å². The Labute approximate surface area is 171 Å². The Balaban J connectivity index is 1.46. The van der Waals surface area contributed by atoms with Gasteiger partial charge < -0.3 is 10.2 Å². The van der Waals surface area contributed by atoms with E-state index in [9.17, 15) is 9.59 Å². The number of hydrogen-bond acceptors (Lipinski definition) is 5. The van der Waals surface area contributed by atoms with Crippen molar-refractivity contribution in [2.75, 3.05) is 10.7 Å². The zero-order valence-corrected chi connectivity index (χ0v) is 16.9. The number of hydrogen-bond donors (Lipinski definition) is 1. The minimum atomic E-state index is -0.209. The second-order valence-corrected chi connectivity index (χ2v) is 8.43. The summed E-state index contributed by atoms with van der Waals surface area (Å²) in [7, 11) is 0. The normalized spacial score (nSPS) is 14.5. The van der Waals surface area contributed by atoms with Gasteiger partial charge in [0.1, 0.15) is 10.7 Å². The van der Waals surface area contributed by atoms with Gasteiger partial charge in [0.25, 0.3) is 5.91 Å². The summed E-state index contributed by atoms with van der Waals surface area (Å²) >= 11 is 2.95. The Morgan fingerprint density at radius 2 is 1.93 bits per heavy atom. The number of nitrogens with zero attached hydrogens (tertiary/aromatic N) is 2. The molecule has 3 aromatic rings. The molecule has 1 aliphatic rings. The predicted molar refractivity (Wildman–Crippen MR) is 113 cm³/mol. The van der Waals surface area contributed by atoms with E-state index in [0.717, 1.165) is 21.2 Å². The van der Waals surface area contributed by atoms with Crippen LogP contribution in [0.25, 0.3) is 0 Å². The van der Waals surface area contributed by atoms with Crippen molar-refractivity contribution < 1.29 is 9.59 Å². The van der Waals surface area contributed by atoms with Gasteiger partial charge in [-0.2, -0.15) is 0 Å². The summed E-state index contributed by atoms with van der Waals surface area (Å²) in [6, 6.07) is 17.6. The van der Waals surface area contributed by atoms with E-state index in [1.54, 1.807) is 22.0 Å². The van der Waals surface area contributed by atoms with Gasteiger partial charge >= 0.3 is 0 Å². The Bertz CT molecular complexity index is 1000. The lowest BCUT2D eigenvalue weighted by molar-refractivity contribution is -0.116. The second kappa shape index (κ2) is 8.16. The lowest BCUT2D eigenvalue weighted by Gasteiger charge is -2.28. The summed E-state index contributed by atoms with van der Waals surface area (Å²) in [5.41, 5.74) is 2.33. The van der Waals surface area contributed by atoms with Crippen LogP contribution in [0.3, 0.4) is 0 Å². The van der Waals surface area contributed by atoms with Crippen LogP contribution in [0.2, 0.25) is 0 Å². The van der Waals surface area contributed by atoms with Crippen LogP contribution in [0.1, 0.15) is 34.0 Å². The molecule has 0 bridgehead atoms. The second-order valence-electron chi connectivity index (χ2n) is 6.47. The van der Waals surface area contributed by atoms with Crippen molar-refractivity contribution >= 4 is 40.6 Å². The molecule has 2 aromatic carbocycles. The molecular formula is C21H19N3O2S2. The van der Waals surface area contributed by atoms with Crippen LogP contribution in [0.4, 0.5) is 5.69 Å². The van der Waals surface area contributed by atoms with Gasteiger partial charge in [0.15, 0.2) is 0 Å². The quantitative estimate of drug-likeness (QED) is 0.683.